The van der Waals surface area contributed by atoms with Crippen molar-refractivity contribution < 1.29 is 9.59 Å². The second-order valence-corrected chi connectivity index (χ2v) is 9.23. The Hall–Kier alpha value is -2.71. The SMILES string of the molecule is Cc1ccccc1C(=O)NC1CCN(C(=O)c2cc3c(nc4sccn43)s2)CC1. The molecule has 6 nitrogen and oxygen atoms in total. The molecule has 4 heterocycles. The van der Waals surface area contributed by atoms with Crippen LogP contribution in [0.4, 0.5) is 0 Å². The highest BCUT2D eigenvalue weighted by molar-refractivity contribution is 7.21. The molecular formula is C21H20N4O2S2. The van der Waals surface area contributed by atoms with Crippen molar-refractivity contribution in [1.29, 1.82) is 0 Å². The molecule has 0 spiro atoms. The third-order valence-electron chi connectivity index (χ3n) is 5.46. The van der Waals surface area contributed by atoms with E-state index in [0.717, 1.165) is 38.6 Å². The van der Waals surface area contributed by atoms with E-state index in [1.807, 2.05) is 58.1 Å². The maximum atomic E-state index is 13.0. The molecule has 148 valence electrons. The summed E-state index contributed by atoms with van der Waals surface area (Å²) in [4.78, 5) is 34.5. The molecule has 1 fully saturated rings. The fraction of sp³-hybridized carbons (Fsp3) is 0.286. The van der Waals surface area contributed by atoms with Gasteiger partial charge in [0.2, 0.25) is 0 Å². The van der Waals surface area contributed by atoms with Gasteiger partial charge in [0.25, 0.3) is 11.8 Å². The Bertz CT molecular complexity index is 1210. The zero-order chi connectivity index (χ0) is 20.0. The number of hydrogen-bond donors (Lipinski definition) is 1. The topological polar surface area (TPSA) is 66.7 Å². The average molecular weight is 425 g/mol. The minimum Gasteiger partial charge on any atom is -0.349 e. The number of nitrogens with zero attached hydrogens (tertiary/aromatic N) is 3. The number of thiophene rings is 1. The van der Waals surface area contributed by atoms with Gasteiger partial charge in [-0.1, -0.05) is 18.2 Å². The zero-order valence-electron chi connectivity index (χ0n) is 15.9. The molecule has 5 rings (SSSR count). The van der Waals surface area contributed by atoms with Gasteiger partial charge in [-0.15, -0.1) is 22.7 Å². The maximum Gasteiger partial charge on any atom is 0.264 e. The highest BCUT2D eigenvalue weighted by Gasteiger charge is 2.26. The van der Waals surface area contributed by atoms with Crippen LogP contribution in [0.5, 0.6) is 0 Å². The molecule has 0 aliphatic carbocycles. The van der Waals surface area contributed by atoms with Crippen LogP contribution < -0.4 is 5.32 Å². The molecule has 2 amide bonds. The molecule has 1 aliphatic rings. The fourth-order valence-corrected chi connectivity index (χ4v) is 5.59. The molecule has 1 N–H and O–H groups in total. The minimum absolute atomic E-state index is 0.0345. The first kappa shape index (κ1) is 18.3. The summed E-state index contributed by atoms with van der Waals surface area (Å²) in [7, 11) is 0. The molecule has 1 aromatic carbocycles. The Morgan fingerprint density at radius 2 is 2.00 bits per heavy atom. The quantitative estimate of drug-likeness (QED) is 0.541. The lowest BCUT2D eigenvalue weighted by Gasteiger charge is -2.32. The van der Waals surface area contributed by atoms with Gasteiger partial charge >= 0.3 is 0 Å². The third kappa shape index (κ3) is 3.32. The van der Waals surface area contributed by atoms with Gasteiger partial charge in [0.1, 0.15) is 4.83 Å². The molecule has 0 radical (unpaired) electrons. The second kappa shape index (κ2) is 7.27. The Kier molecular flexibility index (Phi) is 4.60. The first-order valence-electron chi connectivity index (χ1n) is 9.61. The van der Waals surface area contributed by atoms with Crippen LogP contribution in [0.2, 0.25) is 0 Å². The first-order chi connectivity index (χ1) is 14.1. The predicted octanol–water partition coefficient (Wildman–Crippen LogP) is 3.95. The lowest BCUT2D eigenvalue weighted by atomic mass is 10.0. The summed E-state index contributed by atoms with van der Waals surface area (Å²) >= 11 is 3.05. The number of carbonyl (C=O) groups excluding carboxylic acids is 2. The van der Waals surface area contributed by atoms with Crippen molar-refractivity contribution in [3.63, 3.8) is 0 Å². The monoisotopic (exact) mass is 424 g/mol. The predicted molar refractivity (Wildman–Crippen MR) is 116 cm³/mol. The van der Waals surface area contributed by atoms with Crippen molar-refractivity contribution in [2.24, 2.45) is 0 Å². The van der Waals surface area contributed by atoms with E-state index in [-0.39, 0.29) is 17.9 Å². The summed E-state index contributed by atoms with van der Waals surface area (Å²) in [6.45, 7) is 3.24. The van der Waals surface area contributed by atoms with E-state index in [0.29, 0.717) is 18.7 Å². The molecule has 0 atom stereocenters. The molecule has 1 aliphatic heterocycles. The Morgan fingerprint density at radius 3 is 2.79 bits per heavy atom. The van der Waals surface area contributed by atoms with Gasteiger partial charge in [0.15, 0.2) is 4.96 Å². The van der Waals surface area contributed by atoms with Gasteiger partial charge in [-0.3, -0.25) is 14.0 Å². The van der Waals surface area contributed by atoms with E-state index in [2.05, 4.69) is 10.3 Å². The van der Waals surface area contributed by atoms with Crippen LogP contribution in [-0.4, -0.2) is 45.2 Å². The summed E-state index contributed by atoms with van der Waals surface area (Å²) in [5.41, 5.74) is 2.68. The third-order valence-corrected chi connectivity index (χ3v) is 7.22. The number of rotatable bonds is 3. The summed E-state index contributed by atoms with van der Waals surface area (Å²) in [5, 5.41) is 5.12. The molecule has 3 aromatic heterocycles. The van der Waals surface area contributed by atoms with Crippen LogP contribution >= 0.6 is 22.7 Å². The Labute approximate surface area is 175 Å². The number of hydrogen-bond acceptors (Lipinski definition) is 5. The normalized spacial score (nSPS) is 15.3. The number of aromatic nitrogens is 2. The minimum atomic E-state index is -0.0345. The molecule has 1 saturated heterocycles. The molecular weight excluding hydrogens is 404 g/mol. The van der Waals surface area contributed by atoms with Gasteiger partial charge in [-0.25, -0.2) is 4.98 Å². The standard InChI is InChI=1S/C21H20N4O2S2/c1-13-4-2-3-5-15(13)18(26)22-14-6-8-24(9-7-14)20(27)17-12-16-19(29-17)23-21-25(16)10-11-28-21/h2-5,10-12,14H,6-9H2,1H3,(H,22,26). The van der Waals surface area contributed by atoms with Gasteiger partial charge in [0.05, 0.1) is 10.4 Å². The number of aryl methyl sites for hydroxylation is 1. The van der Waals surface area contributed by atoms with Crippen molar-refractivity contribution in [3.05, 3.63) is 57.9 Å². The lowest BCUT2D eigenvalue weighted by Crippen LogP contribution is -2.46. The maximum absolute atomic E-state index is 13.0. The molecule has 0 saturated carbocycles. The van der Waals surface area contributed by atoms with E-state index in [4.69, 9.17) is 0 Å². The van der Waals surface area contributed by atoms with Crippen molar-refractivity contribution in [2.75, 3.05) is 13.1 Å². The molecule has 0 unspecified atom stereocenters. The first-order valence-corrected chi connectivity index (χ1v) is 11.3. The smallest absolute Gasteiger partial charge is 0.264 e. The van der Waals surface area contributed by atoms with Gasteiger partial charge in [-0.2, -0.15) is 0 Å². The Morgan fingerprint density at radius 1 is 1.21 bits per heavy atom. The summed E-state index contributed by atoms with van der Waals surface area (Å²) in [6.07, 6.45) is 3.52. The number of imidazole rings is 1. The molecule has 8 heteroatoms. The van der Waals surface area contributed by atoms with Crippen molar-refractivity contribution in [1.82, 2.24) is 19.6 Å². The highest BCUT2D eigenvalue weighted by Crippen LogP contribution is 2.29. The molecule has 29 heavy (non-hydrogen) atoms. The van der Waals surface area contributed by atoms with Gasteiger partial charge in [0, 0.05) is 36.3 Å². The van der Waals surface area contributed by atoms with Crippen LogP contribution in [0.1, 0.15) is 38.4 Å². The van der Waals surface area contributed by atoms with E-state index in [1.54, 1.807) is 11.3 Å². The molecule has 0 bridgehead atoms. The van der Waals surface area contributed by atoms with Crippen LogP contribution in [0, 0.1) is 6.92 Å². The van der Waals surface area contributed by atoms with Crippen LogP contribution in [0.25, 0.3) is 15.3 Å². The Balaban J connectivity index is 1.23. The summed E-state index contributed by atoms with van der Waals surface area (Å²) in [6, 6.07) is 9.64. The lowest BCUT2D eigenvalue weighted by molar-refractivity contribution is 0.0703. The van der Waals surface area contributed by atoms with Crippen LogP contribution in [-0.2, 0) is 0 Å². The van der Waals surface area contributed by atoms with Crippen LogP contribution in [0.3, 0.4) is 0 Å². The van der Waals surface area contributed by atoms with Crippen molar-refractivity contribution in [3.8, 4) is 0 Å². The fourth-order valence-electron chi connectivity index (χ4n) is 3.83. The van der Waals surface area contributed by atoms with E-state index >= 15 is 0 Å². The van der Waals surface area contributed by atoms with Crippen molar-refractivity contribution >= 4 is 49.8 Å². The van der Waals surface area contributed by atoms with E-state index in [1.165, 1.54) is 11.3 Å². The number of fused-ring (bicyclic) bond motifs is 3. The number of carbonyl (C=O) groups is 2. The van der Waals surface area contributed by atoms with E-state index < -0.39 is 0 Å². The average Bonchev–Trinajstić information content (AvgIpc) is 3.41. The van der Waals surface area contributed by atoms with Gasteiger partial charge in [-0.05, 0) is 37.5 Å². The van der Waals surface area contributed by atoms with Crippen LogP contribution in [0.15, 0.2) is 41.9 Å². The number of thiazole rings is 1. The number of amides is 2. The largest absolute Gasteiger partial charge is 0.349 e. The summed E-state index contributed by atoms with van der Waals surface area (Å²) in [5.74, 6) is 0.0217. The van der Waals surface area contributed by atoms with Gasteiger partial charge < -0.3 is 10.2 Å². The second-order valence-electron chi connectivity index (χ2n) is 7.32. The number of benzene rings is 1. The van der Waals surface area contributed by atoms with E-state index in [9.17, 15) is 9.59 Å². The molecule has 4 aromatic rings. The zero-order valence-corrected chi connectivity index (χ0v) is 17.6. The number of likely N-dealkylation sites (tertiary alicyclic amines) is 1. The van der Waals surface area contributed by atoms with Crippen molar-refractivity contribution in [2.45, 2.75) is 25.8 Å². The number of piperidine rings is 1. The summed E-state index contributed by atoms with van der Waals surface area (Å²) < 4.78 is 2.03. The number of nitrogens with one attached hydrogen (secondary N) is 1. The highest BCUT2D eigenvalue weighted by atomic mass is 32.1.